The van der Waals surface area contributed by atoms with Crippen LogP contribution in [0.3, 0.4) is 0 Å². The average molecular weight is 436 g/mol. The first-order valence-corrected chi connectivity index (χ1v) is 10.4. The molecule has 0 saturated carbocycles. The Hall–Kier alpha value is -3.75. The summed E-state index contributed by atoms with van der Waals surface area (Å²) in [6.45, 7) is 2.53. The molecule has 0 unspecified atom stereocenters. The number of carbonyl (C=O) groups is 1. The normalized spacial score (nSPS) is 15.8. The molecule has 1 amide bonds. The lowest BCUT2D eigenvalue weighted by atomic mass is 10.1. The van der Waals surface area contributed by atoms with E-state index in [1.807, 2.05) is 42.2 Å². The maximum absolute atomic E-state index is 13.5. The van der Waals surface area contributed by atoms with Gasteiger partial charge in [0.2, 0.25) is 0 Å². The van der Waals surface area contributed by atoms with Crippen molar-refractivity contribution in [2.75, 3.05) is 23.3 Å². The van der Waals surface area contributed by atoms with Gasteiger partial charge in [0, 0.05) is 49.2 Å². The van der Waals surface area contributed by atoms with Crippen LogP contribution in [0.2, 0.25) is 0 Å². The maximum atomic E-state index is 13.5. The molecule has 0 bridgehead atoms. The van der Waals surface area contributed by atoms with Gasteiger partial charge in [-0.15, -0.1) is 0 Å². The van der Waals surface area contributed by atoms with E-state index in [-0.39, 0.29) is 24.4 Å². The topological polar surface area (TPSA) is 78.8 Å². The number of fused-ring (bicyclic) bond motifs is 1. The molecule has 1 fully saturated rings. The van der Waals surface area contributed by atoms with E-state index in [1.54, 1.807) is 23.2 Å². The highest BCUT2D eigenvalue weighted by molar-refractivity contribution is 6.08. The van der Waals surface area contributed by atoms with Gasteiger partial charge in [0.25, 0.3) is 11.8 Å². The summed E-state index contributed by atoms with van der Waals surface area (Å²) >= 11 is 0. The Balaban J connectivity index is 1.32. The number of para-hydroxylation sites is 1. The number of rotatable bonds is 4. The van der Waals surface area contributed by atoms with Gasteiger partial charge in [-0.25, -0.2) is 18.7 Å². The van der Waals surface area contributed by atoms with E-state index in [2.05, 4.69) is 20.3 Å². The number of benzene rings is 1. The van der Waals surface area contributed by atoms with E-state index in [9.17, 15) is 13.6 Å². The molecule has 7 nitrogen and oxygen atoms in total. The summed E-state index contributed by atoms with van der Waals surface area (Å²) in [6.07, 6.45) is 6.30. The van der Waals surface area contributed by atoms with Crippen molar-refractivity contribution in [1.29, 1.82) is 0 Å². The molecular weight excluding hydrogens is 414 g/mol. The molecule has 1 saturated heterocycles. The number of nitrogens with one attached hydrogen (secondary N) is 2. The van der Waals surface area contributed by atoms with Crippen LogP contribution in [-0.4, -0.2) is 44.4 Å². The SMILES string of the molecule is Cc1cc(-n2cnc(C(=O)Nc3c[nH]c4ccccc34)c2)ncc1N1CCC(F)(F)CC1. The first-order valence-electron chi connectivity index (χ1n) is 10.4. The van der Waals surface area contributed by atoms with Crippen LogP contribution in [0.1, 0.15) is 28.9 Å². The second-order valence-corrected chi connectivity index (χ2v) is 8.04. The Bertz CT molecular complexity index is 1280. The molecule has 0 radical (unpaired) electrons. The molecule has 164 valence electrons. The molecular formula is C23H22F2N6O. The number of anilines is 2. The molecule has 9 heteroatoms. The Morgan fingerprint density at radius 3 is 2.75 bits per heavy atom. The molecule has 4 heterocycles. The van der Waals surface area contributed by atoms with Crippen molar-refractivity contribution in [3.05, 3.63) is 66.5 Å². The molecule has 32 heavy (non-hydrogen) atoms. The lowest BCUT2D eigenvalue weighted by Gasteiger charge is -2.34. The zero-order valence-electron chi connectivity index (χ0n) is 17.5. The predicted molar refractivity (Wildman–Crippen MR) is 119 cm³/mol. The zero-order valence-corrected chi connectivity index (χ0v) is 17.5. The number of pyridine rings is 1. The number of carbonyl (C=O) groups excluding carboxylic acids is 1. The number of hydrogen-bond donors (Lipinski definition) is 2. The summed E-state index contributed by atoms with van der Waals surface area (Å²) in [5.74, 6) is -2.30. The Morgan fingerprint density at radius 2 is 1.97 bits per heavy atom. The quantitative estimate of drug-likeness (QED) is 0.492. The number of piperidine rings is 1. The summed E-state index contributed by atoms with van der Waals surface area (Å²) in [5.41, 5.74) is 3.66. The van der Waals surface area contributed by atoms with Gasteiger partial charge in [-0.3, -0.25) is 9.36 Å². The number of amides is 1. The molecule has 1 aromatic carbocycles. The monoisotopic (exact) mass is 436 g/mol. The highest BCUT2D eigenvalue weighted by Crippen LogP contribution is 2.32. The summed E-state index contributed by atoms with van der Waals surface area (Å²) < 4.78 is 28.6. The van der Waals surface area contributed by atoms with Crippen LogP contribution in [0.5, 0.6) is 0 Å². The van der Waals surface area contributed by atoms with Gasteiger partial charge in [0.1, 0.15) is 17.8 Å². The zero-order chi connectivity index (χ0) is 22.3. The highest BCUT2D eigenvalue weighted by Gasteiger charge is 2.34. The molecule has 3 aromatic heterocycles. The van der Waals surface area contributed by atoms with Crippen molar-refractivity contribution in [2.45, 2.75) is 25.7 Å². The van der Waals surface area contributed by atoms with Crippen molar-refractivity contribution >= 4 is 28.2 Å². The van der Waals surface area contributed by atoms with Crippen LogP contribution in [0.25, 0.3) is 16.7 Å². The highest BCUT2D eigenvalue weighted by atomic mass is 19.3. The van der Waals surface area contributed by atoms with Gasteiger partial charge in [-0.2, -0.15) is 0 Å². The third-order valence-corrected chi connectivity index (χ3v) is 5.82. The van der Waals surface area contributed by atoms with E-state index in [1.165, 1.54) is 6.33 Å². The van der Waals surface area contributed by atoms with Crippen LogP contribution in [0.4, 0.5) is 20.2 Å². The summed E-state index contributed by atoms with van der Waals surface area (Å²) in [4.78, 5) is 26.4. The number of aromatic amines is 1. The van der Waals surface area contributed by atoms with Crippen LogP contribution < -0.4 is 10.2 Å². The largest absolute Gasteiger partial charge is 0.370 e. The van der Waals surface area contributed by atoms with Gasteiger partial charge in [0.15, 0.2) is 0 Å². The van der Waals surface area contributed by atoms with Gasteiger partial charge < -0.3 is 15.2 Å². The van der Waals surface area contributed by atoms with E-state index >= 15 is 0 Å². The molecule has 4 aromatic rings. The number of hydrogen-bond acceptors (Lipinski definition) is 4. The third kappa shape index (κ3) is 3.81. The van der Waals surface area contributed by atoms with Crippen LogP contribution in [-0.2, 0) is 0 Å². The van der Waals surface area contributed by atoms with E-state index in [4.69, 9.17) is 0 Å². The summed E-state index contributed by atoms with van der Waals surface area (Å²) in [5, 5.41) is 3.80. The number of alkyl halides is 2. The van der Waals surface area contributed by atoms with Crippen molar-refractivity contribution < 1.29 is 13.6 Å². The number of halogens is 2. The van der Waals surface area contributed by atoms with Gasteiger partial charge in [0.05, 0.1) is 17.6 Å². The minimum atomic E-state index is -2.59. The van der Waals surface area contributed by atoms with Crippen LogP contribution in [0, 0.1) is 6.92 Å². The fraction of sp³-hybridized carbons (Fsp3) is 0.261. The molecule has 0 spiro atoms. The van der Waals surface area contributed by atoms with Crippen molar-refractivity contribution in [3.63, 3.8) is 0 Å². The van der Waals surface area contributed by atoms with E-state index in [0.29, 0.717) is 24.6 Å². The number of H-pyrrole nitrogens is 1. The number of nitrogens with zero attached hydrogens (tertiary/aromatic N) is 4. The van der Waals surface area contributed by atoms with Gasteiger partial charge >= 0.3 is 0 Å². The smallest absolute Gasteiger partial charge is 0.275 e. The predicted octanol–water partition coefficient (Wildman–Crippen LogP) is 4.54. The van der Waals surface area contributed by atoms with Crippen LogP contribution in [0.15, 0.2) is 55.2 Å². The molecule has 0 aliphatic carbocycles. The number of aromatic nitrogens is 4. The minimum Gasteiger partial charge on any atom is -0.370 e. The maximum Gasteiger partial charge on any atom is 0.275 e. The Morgan fingerprint density at radius 1 is 1.19 bits per heavy atom. The lowest BCUT2D eigenvalue weighted by molar-refractivity contribution is -0.0220. The summed E-state index contributed by atoms with van der Waals surface area (Å²) in [6, 6.07) is 9.57. The first-order chi connectivity index (χ1) is 15.4. The molecule has 5 rings (SSSR count). The molecule has 2 N–H and O–H groups in total. The number of aryl methyl sites for hydroxylation is 1. The van der Waals surface area contributed by atoms with Gasteiger partial charge in [-0.1, -0.05) is 18.2 Å². The third-order valence-electron chi connectivity index (χ3n) is 5.82. The van der Waals surface area contributed by atoms with E-state index in [0.717, 1.165) is 22.2 Å². The van der Waals surface area contributed by atoms with E-state index < -0.39 is 5.92 Å². The molecule has 1 aliphatic heterocycles. The van der Waals surface area contributed by atoms with Crippen LogP contribution >= 0.6 is 0 Å². The fourth-order valence-corrected chi connectivity index (χ4v) is 4.01. The Kier molecular flexibility index (Phi) is 4.88. The lowest BCUT2D eigenvalue weighted by Crippen LogP contribution is -2.39. The summed E-state index contributed by atoms with van der Waals surface area (Å²) in [7, 11) is 0. The average Bonchev–Trinajstić information content (AvgIpc) is 3.42. The van der Waals surface area contributed by atoms with Crippen molar-refractivity contribution in [3.8, 4) is 5.82 Å². The Labute approximate surface area is 183 Å². The molecule has 1 aliphatic rings. The van der Waals surface area contributed by atoms with Crippen molar-refractivity contribution in [1.82, 2.24) is 19.5 Å². The number of imidazole rings is 1. The standard InChI is InChI=1S/C23H22F2N6O/c1-15-10-21(27-12-20(15)30-8-6-23(24,25)7-9-30)31-13-19(28-14-31)22(32)29-18-11-26-17-5-3-2-4-16(17)18/h2-5,10-14,26H,6-9H2,1H3,(H,29,32). The minimum absolute atomic E-state index is 0.148. The second-order valence-electron chi connectivity index (χ2n) is 8.04. The van der Waals surface area contributed by atoms with Gasteiger partial charge in [-0.05, 0) is 24.6 Å². The first kappa shape index (κ1) is 20.2. The fourth-order valence-electron chi connectivity index (χ4n) is 4.01. The second kappa shape index (κ2) is 7.74. The molecule has 0 atom stereocenters. The van der Waals surface area contributed by atoms with Crippen molar-refractivity contribution in [2.24, 2.45) is 0 Å².